The molecular formula is C11H18N2O2. The molecule has 0 bridgehead atoms. The molecule has 15 heavy (non-hydrogen) atoms. The highest BCUT2D eigenvalue weighted by Crippen LogP contribution is 2.37. The quantitative estimate of drug-likeness (QED) is 0.728. The molecule has 2 aliphatic rings. The van der Waals surface area contributed by atoms with Crippen LogP contribution in [0.15, 0.2) is 0 Å². The summed E-state index contributed by atoms with van der Waals surface area (Å²) in [5, 5.41) is 2.72. The van der Waals surface area contributed by atoms with Crippen molar-refractivity contribution in [3.05, 3.63) is 0 Å². The van der Waals surface area contributed by atoms with E-state index < -0.39 is 5.54 Å². The van der Waals surface area contributed by atoms with E-state index in [2.05, 4.69) is 5.32 Å². The first kappa shape index (κ1) is 10.5. The molecule has 84 valence electrons. The van der Waals surface area contributed by atoms with Crippen LogP contribution in [0.3, 0.4) is 0 Å². The van der Waals surface area contributed by atoms with E-state index in [9.17, 15) is 9.59 Å². The van der Waals surface area contributed by atoms with Gasteiger partial charge in [0.1, 0.15) is 5.54 Å². The first-order valence-corrected chi connectivity index (χ1v) is 5.79. The van der Waals surface area contributed by atoms with Crippen molar-refractivity contribution in [3.8, 4) is 0 Å². The maximum Gasteiger partial charge on any atom is 0.246 e. The van der Waals surface area contributed by atoms with Crippen molar-refractivity contribution in [1.82, 2.24) is 10.2 Å². The number of nitrogens with one attached hydrogen (secondary N) is 1. The number of amides is 2. The van der Waals surface area contributed by atoms with Crippen LogP contribution in [-0.2, 0) is 9.59 Å². The molecule has 0 unspecified atom stereocenters. The van der Waals surface area contributed by atoms with Gasteiger partial charge in [0.25, 0.3) is 0 Å². The predicted molar refractivity (Wildman–Crippen MR) is 56.2 cm³/mol. The molecule has 1 aliphatic carbocycles. The molecule has 0 radical (unpaired) electrons. The van der Waals surface area contributed by atoms with E-state index in [1.807, 2.05) is 11.8 Å². The monoisotopic (exact) mass is 210 g/mol. The van der Waals surface area contributed by atoms with Crippen molar-refractivity contribution in [2.75, 3.05) is 13.1 Å². The van der Waals surface area contributed by atoms with Crippen molar-refractivity contribution in [2.24, 2.45) is 0 Å². The number of hydrogen-bond acceptors (Lipinski definition) is 2. The van der Waals surface area contributed by atoms with E-state index in [1.165, 1.54) is 0 Å². The Hall–Kier alpha value is -1.06. The minimum Gasteiger partial charge on any atom is -0.345 e. The van der Waals surface area contributed by atoms with Crippen molar-refractivity contribution < 1.29 is 9.59 Å². The van der Waals surface area contributed by atoms with Crippen LogP contribution in [0, 0.1) is 0 Å². The van der Waals surface area contributed by atoms with Gasteiger partial charge in [-0.1, -0.05) is 19.8 Å². The molecule has 1 N–H and O–H groups in total. The van der Waals surface area contributed by atoms with Gasteiger partial charge in [-0.05, 0) is 19.3 Å². The Kier molecular flexibility index (Phi) is 2.67. The molecule has 4 nitrogen and oxygen atoms in total. The van der Waals surface area contributed by atoms with Gasteiger partial charge in [-0.15, -0.1) is 0 Å². The molecule has 1 aliphatic heterocycles. The average Bonchev–Trinajstić information content (AvgIpc) is 2.70. The molecular weight excluding hydrogens is 192 g/mol. The largest absolute Gasteiger partial charge is 0.345 e. The molecule has 0 aromatic carbocycles. The number of carbonyl (C=O) groups excluding carboxylic acids is 2. The van der Waals surface area contributed by atoms with E-state index in [0.29, 0.717) is 6.54 Å². The van der Waals surface area contributed by atoms with Crippen molar-refractivity contribution in [3.63, 3.8) is 0 Å². The molecule has 0 aromatic rings. The standard InChI is InChI=1S/C11H18N2O2/c1-2-7-13-9(14)8-12-10(15)11(13)5-3-4-6-11/h2-8H2,1H3,(H,12,15). The van der Waals surface area contributed by atoms with Crippen LogP contribution < -0.4 is 5.32 Å². The van der Waals surface area contributed by atoms with Gasteiger partial charge in [0.15, 0.2) is 0 Å². The summed E-state index contributed by atoms with van der Waals surface area (Å²) in [6.07, 6.45) is 4.71. The van der Waals surface area contributed by atoms with Gasteiger partial charge >= 0.3 is 0 Å². The lowest BCUT2D eigenvalue weighted by molar-refractivity contribution is -0.153. The molecule has 0 atom stereocenters. The Balaban J connectivity index is 2.27. The molecule has 2 fully saturated rings. The Bertz CT molecular complexity index is 282. The fourth-order valence-corrected chi connectivity index (χ4v) is 2.80. The van der Waals surface area contributed by atoms with Crippen LogP contribution >= 0.6 is 0 Å². The lowest BCUT2D eigenvalue weighted by Gasteiger charge is -2.43. The van der Waals surface area contributed by atoms with Crippen molar-refractivity contribution >= 4 is 11.8 Å². The van der Waals surface area contributed by atoms with Crippen LogP contribution in [-0.4, -0.2) is 35.3 Å². The molecule has 1 heterocycles. The number of rotatable bonds is 2. The van der Waals surface area contributed by atoms with Gasteiger partial charge in [-0.3, -0.25) is 9.59 Å². The zero-order chi connectivity index (χ0) is 10.9. The van der Waals surface area contributed by atoms with E-state index in [0.717, 1.165) is 32.1 Å². The van der Waals surface area contributed by atoms with Crippen LogP contribution in [0.25, 0.3) is 0 Å². The summed E-state index contributed by atoms with van der Waals surface area (Å²) in [6, 6.07) is 0. The molecule has 2 rings (SSSR count). The highest BCUT2D eigenvalue weighted by Gasteiger charge is 2.50. The van der Waals surface area contributed by atoms with Crippen molar-refractivity contribution in [2.45, 2.75) is 44.6 Å². The van der Waals surface area contributed by atoms with Crippen LogP contribution in [0.1, 0.15) is 39.0 Å². The molecule has 4 heteroatoms. The Labute approximate surface area is 90.0 Å². The summed E-state index contributed by atoms with van der Waals surface area (Å²) >= 11 is 0. The van der Waals surface area contributed by atoms with Crippen LogP contribution in [0.2, 0.25) is 0 Å². The molecule has 1 spiro atoms. The minimum absolute atomic E-state index is 0.0630. The summed E-state index contributed by atoms with van der Waals surface area (Å²) in [6.45, 7) is 2.94. The summed E-state index contributed by atoms with van der Waals surface area (Å²) in [7, 11) is 0. The second-order valence-corrected chi connectivity index (χ2v) is 4.47. The highest BCUT2D eigenvalue weighted by molar-refractivity contribution is 5.98. The first-order chi connectivity index (χ1) is 7.20. The third-order valence-electron chi connectivity index (χ3n) is 3.52. The predicted octanol–water partition coefficient (Wildman–Crippen LogP) is 0.668. The number of piperazine rings is 1. The highest BCUT2D eigenvalue weighted by atomic mass is 16.2. The SMILES string of the molecule is CCCN1C(=O)CNC(=O)C12CCCC2. The summed E-state index contributed by atoms with van der Waals surface area (Å²) in [5.74, 6) is 0.145. The summed E-state index contributed by atoms with van der Waals surface area (Å²) < 4.78 is 0. The van der Waals surface area contributed by atoms with E-state index in [4.69, 9.17) is 0 Å². The Morgan fingerprint density at radius 2 is 2.00 bits per heavy atom. The lowest BCUT2D eigenvalue weighted by Crippen LogP contribution is -2.66. The van der Waals surface area contributed by atoms with Gasteiger partial charge < -0.3 is 10.2 Å². The summed E-state index contributed by atoms with van der Waals surface area (Å²) in [4.78, 5) is 25.6. The van der Waals surface area contributed by atoms with Gasteiger partial charge in [0, 0.05) is 6.54 Å². The van der Waals surface area contributed by atoms with Gasteiger partial charge in [-0.25, -0.2) is 0 Å². The smallest absolute Gasteiger partial charge is 0.246 e. The average molecular weight is 210 g/mol. The minimum atomic E-state index is -0.495. The maximum absolute atomic E-state index is 11.9. The molecule has 2 amide bonds. The Morgan fingerprint density at radius 1 is 1.33 bits per heavy atom. The fraction of sp³-hybridized carbons (Fsp3) is 0.818. The third kappa shape index (κ3) is 1.52. The molecule has 0 aromatic heterocycles. The van der Waals surface area contributed by atoms with E-state index in [1.54, 1.807) is 0 Å². The molecule has 1 saturated heterocycles. The number of hydrogen-bond donors (Lipinski definition) is 1. The second-order valence-electron chi connectivity index (χ2n) is 4.47. The van der Waals surface area contributed by atoms with Gasteiger partial charge in [0.2, 0.25) is 11.8 Å². The van der Waals surface area contributed by atoms with Gasteiger partial charge in [-0.2, -0.15) is 0 Å². The summed E-state index contributed by atoms with van der Waals surface area (Å²) in [5.41, 5.74) is -0.495. The van der Waals surface area contributed by atoms with Crippen molar-refractivity contribution in [1.29, 1.82) is 0 Å². The topological polar surface area (TPSA) is 49.4 Å². The first-order valence-electron chi connectivity index (χ1n) is 5.79. The van der Waals surface area contributed by atoms with Crippen LogP contribution in [0.5, 0.6) is 0 Å². The fourth-order valence-electron chi connectivity index (χ4n) is 2.80. The third-order valence-corrected chi connectivity index (χ3v) is 3.52. The van der Waals surface area contributed by atoms with E-state index >= 15 is 0 Å². The second kappa shape index (κ2) is 3.83. The molecule has 1 saturated carbocycles. The van der Waals surface area contributed by atoms with Crippen LogP contribution in [0.4, 0.5) is 0 Å². The zero-order valence-electron chi connectivity index (χ0n) is 9.21. The zero-order valence-corrected chi connectivity index (χ0v) is 9.21. The Morgan fingerprint density at radius 3 is 2.60 bits per heavy atom. The van der Waals surface area contributed by atoms with E-state index in [-0.39, 0.29) is 18.4 Å². The maximum atomic E-state index is 11.9. The number of nitrogens with zero attached hydrogens (tertiary/aromatic N) is 1. The number of carbonyl (C=O) groups is 2. The lowest BCUT2D eigenvalue weighted by atomic mass is 9.91. The normalized spacial score (nSPS) is 24.7. The van der Waals surface area contributed by atoms with Gasteiger partial charge in [0.05, 0.1) is 6.54 Å².